The SMILES string of the molecule is COc1cc(C)c(Cl)cc1S(=O)(=O)Nc1ccc(Nc2nc(C)cc(N3CCCC3)n2)cc1. The van der Waals surface area contributed by atoms with Crippen LogP contribution in [0.15, 0.2) is 47.4 Å². The first kappa shape index (κ1) is 23.1. The molecule has 0 radical (unpaired) electrons. The van der Waals surface area contributed by atoms with Crippen LogP contribution in [0.25, 0.3) is 0 Å². The van der Waals surface area contributed by atoms with Gasteiger partial charge < -0.3 is 15.0 Å². The number of aromatic nitrogens is 2. The van der Waals surface area contributed by atoms with Gasteiger partial charge in [-0.05, 0) is 68.7 Å². The molecule has 10 heteroatoms. The van der Waals surface area contributed by atoms with Crippen LogP contribution in [-0.2, 0) is 10.0 Å². The number of aryl methyl sites for hydroxylation is 2. The third-order valence-corrected chi connectivity index (χ3v) is 7.21. The van der Waals surface area contributed by atoms with E-state index in [4.69, 9.17) is 16.3 Å². The van der Waals surface area contributed by atoms with Gasteiger partial charge in [-0.1, -0.05) is 11.6 Å². The molecular formula is C23H26ClN5O3S. The van der Waals surface area contributed by atoms with Crippen molar-refractivity contribution in [1.82, 2.24) is 9.97 Å². The number of hydrogen-bond acceptors (Lipinski definition) is 7. The summed E-state index contributed by atoms with van der Waals surface area (Å²) in [4.78, 5) is 11.3. The molecule has 0 spiro atoms. The van der Waals surface area contributed by atoms with E-state index in [0.717, 1.165) is 35.9 Å². The maximum Gasteiger partial charge on any atom is 0.265 e. The van der Waals surface area contributed by atoms with Crippen molar-refractivity contribution in [1.29, 1.82) is 0 Å². The number of ether oxygens (including phenoxy) is 1. The van der Waals surface area contributed by atoms with Crippen LogP contribution in [0.4, 0.5) is 23.1 Å². The molecule has 0 unspecified atom stereocenters. The Labute approximate surface area is 199 Å². The van der Waals surface area contributed by atoms with Crippen LogP contribution in [-0.4, -0.2) is 38.6 Å². The van der Waals surface area contributed by atoms with E-state index in [9.17, 15) is 8.42 Å². The standard InChI is InChI=1S/C23H26ClN5O3S/c1-15-12-20(32-3)21(14-19(15)24)33(30,31)28-18-8-6-17(7-9-18)26-23-25-16(2)13-22(27-23)29-10-4-5-11-29/h6-9,12-14,28H,4-5,10-11H2,1-3H3,(H,25,26,27). The molecule has 1 saturated heterocycles. The molecule has 2 aromatic carbocycles. The molecule has 1 fully saturated rings. The fraction of sp³-hybridized carbons (Fsp3) is 0.304. The van der Waals surface area contributed by atoms with E-state index in [-0.39, 0.29) is 10.6 Å². The third kappa shape index (κ3) is 5.31. The van der Waals surface area contributed by atoms with Gasteiger partial charge >= 0.3 is 0 Å². The first-order valence-electron chi connectivity index (χ1n) is 10.6. The Morgan fingerprint density at radius 3 is 2.33 bits per heavy atom. The Bertz CT molecular complexity index is 1260. The van der Waals surface area contributed by atoms with Crippen molar-refractivity contribution >= 4 is 44.8 Å². The predicted octanol–water partition coefficient (Wildman–Crippen LogP) is 4.90. The van der Waals surface area contributed by atoms with Crippen LogP contribution in [0.5, 0.6) is 5.75 Å². The molecule has 8 nitrogen and oxygen atoms in total. The van der Waals surface area contributed by atoms with Gasteiger partial charge in [0.2, 0.25) is 5.95 Å². The zero-order chi connectivity index (χ0) is 23.6. The zero-order valence-corrected chi connectivity index (χ0v) is 20.3. The number of anilines is 4. The van der Waals surface area contributed by atoms with Crippen LogP contribution < -0.4 is 19.7 Å². The van der Waals surface area contributed by atoms with Crippen molar-refractivity contribution in [3.63, 3.8) is 0 Å². The lowest BCUT2D eigenvalue weighted by atomic mass is 10.2. The lowest BCUT2D eigenvalue weighted by molar-refractivity contribution is 0.402. The quantitative estimate of drug-likeness (QED) is 0.489. The molecule has 3 aromatic rings. The zero-order valence-electron chi connectivity index (χ0n) is 18.7. The normalized spacial score (nSPS) is 13.8. The molecular weight excluding hydrogens is 462 g/mol. The summed E-state index contributed by atoms with van der Waals surface area (Å²) in [6.07, 6.45) is 2.34. The molecule has 33 heavy (non-hydrogen) atoms. The van der Waals surface area contributed by atoms with Gasteiger partial charge in [0.1, 0.15) is 16.5 Å². The first-order chi connectivity index (χ1) is 15.7. The Morgan fingerprint density at radius 1 is 1.00 bits per heavy atom. The van der Waals surface area contributed by atoms with Crippen LogP contribution in [0.3, 0.4) is 0 Å². The third-order valence-electron chi connectivity index (χ3n) is 5.40. The molecule has 1 aliphatic rings. The number of hydrogen-bond donors (Lipinski definition) is 2. The fourth-order valence-electron chi connectivity index (χ4n) is 3.68. The Morgan fingerprint density at radius 2 is 1.67 bits per heavy atom. The molecule has 4 rings (SSSR count). The molecule has 0 saturated carbocycles. The largest absolute Gasteiger partial charge is 0.495 e. The average molecular weight is 488 g/mol. The topological polar surface area (TPSA) is 96.5 Å². The van der Waals surface area contributed by atoms with E-state index in [0.29, 0.717) is 16.7 Å². The van der Waals surface area contributed by atoms with E-state index in [2.05, 4.69) is 24.9 Å². The minimum absolute atomic E-state index is 0.0228. The van der Waals surface area contributed by atoms with E-state index in [1.807, 2.05) is 13.0 Å². The smallest absolute Gasteiger partial charge is 0.265 e. The molecule has 0 atom stereocenters. The van der Waals surface area contributed by atoms with Gasteiger partial charge in [0.25, 0.3) is 10.0 Å². The number of benzene rings is 2. The molecule has 174 valence electrons. The van der Waals surface area contributed by atoms with E-state index < -0.39 is 10.0 Å². The van der Waals surface area contributed by atoms with Crippen molar-refractivity contribution in [2.75, 3.05) is 35.1 Å². The summed E-state index contributed by atoms with van der Waals surface area (Å²) in [5.74, 6) is 1.65. The van der Waals surface area contributed by atoms with Crippen molar-refractivity contribution in [2.45, 2.75) is 31.6 Å². The summed E-state index contributed by atoms with van der Waals surface area (Å²) >= 11 is 6.14. The van der Waals surface area contributed by atoms with Gasteiger partial charge in [-0.3, -0.25) is 4.72 Å². The average Bonchev–Trinajstić information content (AvgIpc) is 3.31. The lowest BCUT2D eigenvalue weighted by Gasteiger charge is -2.18. The minimum Gasteiger partial charge on any atom is -0.495 e. The van der Waals surface area contributed by atoms with Crippen LogP contribution in [0, 0.1) is 13.8 Å². The molecule has 0 aliphatic carbocycles. The molecule has 1 aromatic heterocycles. The molecule has 1 aliphatic heterocycles. The Kier molecular flexibility index (Phi) is 6.62. The number of methoxy groups -OCH3 is 1. The van der Waals surface area contributed by atoms with Crippen LogP contribution in [0.1, 0.15) is 24.1 Å². The maximum absolute atomic E-state index is 12.9. The fourth-order valence-corrected chi connectivity index (χ4v) is 5.15. The number of nitrogens with zero attached hydrogens (tertiary/aromatic N) is 3. The second-order valence-electron chi connectivity index (χ2n) is 7.95. The molecule has 2 N–H and O–H groups in total. The molecule has 0 bridgehead atoms. The van der Waals surface area contributed by atoms with E-state index in [1.54, 1.807) is 37.3 Å². The van der Waals surface area contributed by atoms with Crippen LogP contribution >= 0.6 is 11.6 Å². The van der Waals surface area contributed by atoms with E-state index in [1.165, 1.54) is 26.0 Å². The first-order valence-corrected chi connectivity index (χ1v) is 12.5. The van der Waals surface area contributed by atoms with Gasteiger partial charge in [-0.2, -0.15) is 4.98 Å². The predicted molar refractivity (Wildman–Crippen MR) is 131 cm³/mol. The summed E-state index contributed by atoms with van der Waals surface area (Å²) in [6.45, 7) is 5.73. The van der Waals surface area contributed by atoms with Gasteiger partial charge in [-0.15, -0.1) is 0 Å². The second kappa shape index (κ2) is 9.44. The van der Waals surface area contributed by atoms with Gasteiger partial charge in [0.15, 0.2) is 0 Å². The van der Waals surface area contributed by atoms with Crippen molar-refractivity contribution in [2.24, 2.45) is 0 Å². The van der Waals surface area contributed by atoms with Gasteiger partial charge in [-0.25, -0.2) is 13.4 Å². The highest BCUT2D eigenvalue weighted by Crippen LogP contribution is 2.31. The maximum atomic E-state index is 12.9. The summed E-state index contributed by atoms with van der Waals surface area (Å²) < 4.78 is 33.7. The summed E-state index contributed by atoms with van der Waals surface area (Å²) in [5.41, 5.74) is 2.76. The van der Waals surface area contributed by atoms with Crippen molar-refractivity contribution in [3.05, 3.63) is 58.7 Å². The highest BCUT2D eigenvalue weighted by Gasteiger charge is 2.21. The van der Waals surface area contributed by atoms with Gasteiger partial charge in [0, 0.05) is 41.2 Å². The highest BCUT2D eigenvalue weighted by atomic mass is 35.5. The second-order valence-corrected chi connectivity index (χ2v) is 10.0. The number of sulfonamides is 1. The summed E-state index contributed by atoms with van der Waals surface area (Å²) in [5, 5.41) is 3.55. The molecule has 2 heterocycles. The van der Waals surface area contributed by atoms with Crippen molar-refractivity contribution in [3.8, 4) is 5.75 Å². The Hall–Kier alpha value is -3.04. The monoisotopic (exact) mass is 487 g/mol. The van der Waals surface area contributed by atoms with Gasteiger partial charge in [0.05, 0.1) is 7.11 Å². The molecule has 0 amide bonds. The number of rotatable bonds is 7. The number of halogens is 1. The van der Waals surface area contributed by atoms with E-state index >= 15 is 0 Å². The van der Waals surface area contributed by atoms with Crippen molar-refractivity contribution < 1.29 is 13.2 Å². The number of nitrogens with one attached hydrogen (secondary N) is 2. The van der Waals surface area contributed by atoms with Crippen LogP contribution in [0.2, 0.25) is 5.02 Å². The summed E-state index contributed by atoms with van der Waals surface area (Å²) in [7, 11) is -2.48. The highest BCUT2D eigenvalue weighted by molar-refractivity contribution is 7.92. The minimum atomic E-state index is -3.90. The Balaban J connectivity index is 1.51. The summed E-state index contributed by atoms with van der Waals surface area (Å²) in [6, 6.07) is 11.8. The lowest BCUT2D eigenvalue weighted by Crippen LogP contribution is -2.19.